The van der Waals surface area contributed by atoms with Crippen molar-refractivity contribution in [2.24, 2.45) is 0 Å². The molecule has 2 aromatic heterocycles. The number of aryl methyl sites for hydroxylation is 1. The topological polar surface area (TPSA) is 61.8 Å². The molecule has 2 rings (SSSR count). The van der Waals surface area contributed by atoms with Gasteiger partial charge in [0.1, 0.15) is 5.82 Å². The number of hydrogen-bond donors (Lipinski definition) is 2. The Bertz CT molecular complexity index is 565. The highest BCUT2D eigenvalue weighted by molar-refractivity contribution is 5.26. The van der Waals surface area contributed by atoms with Gasteiger partial charge in [-0.25, -0.2) is 4.98 Å². The summed E-state index contributed by atoms with van der Waals surface area (Å²) in [6, 6.07) is 1.78. The maximum atomic E-state index is 12.3. The zero-order chi connectivity index (χ0) is 14.0. The summed E-state index contributed by atoms with van der Waals surface area (Å²) in [6.07, 6.45) is -2.27. The third-order valence-corrected chi connectivity index (χ3v) is 2.73. The molecule has 0 saturated heterocycles. The zero-order valence-corrected chi connectivity index (χ0v) is 10.1. The van der Waals surface area contributed by atoms with Crippen LogP contribution in [-0.4, -0.2) is 26.2 Å². The summed E-state index contributed by atoms with van der Waals surface area (Å²) >= 11 is 0. The molecule has 2 aromatic rings. The predicted molar refractivity (Wildman–Crippen MR) is 61.4 cm³/mol. The number of halogens is 3. The highest BCUT2D eigenvalue weighted by Crippen LogP contribution is 2.30. The number of nitrogens with zero attached hydrogens (tertiary/aromatic N) is 2. The Kier molecular flexibility index (Phi) is 3.57. The number of alkyl halides is 3. The standard InChI is InChI=1S/C12H12F3N3O/c1-7-5-16-3-2-8(7)4-9-6-17-11(18-9)10(19)12(13,14)15/h2-3,5-6,10,19H,4H2,1H3,(H,17,18)/t10-/m1/s1. The number of hydrogen-bond acceptors (Lipinski definition) is 3. The Morgan fingerprint density at radius 2 is 2.16 bits per heavy atom. The smallest absolute Gasteiger partial charge is 0.377 e. The number of pyridine rings is 1. The van der Waals surface area contributed by atoms with Gasteiger partial charge in [-0.05, 0) is 24.1 Å². The first-order chi connectivity index (χ1) is 8.88. The molecular formula is C12H12F3N3O. The van der Waals surface area contributed by atoms with Crippen LogP contribution in [0.5, 0.6) is 0 Å². The van der Waals surface area contributed by atoms with E-state index in [0.29, 0.717) is 12.1 Å². The fourth-order valence-electron chi connectivity index (χ4n) is 1.66. The number of H-pyrrole nitrogens is 1. The van der Waals surface area contributed by atoms with Gasteiger partial charge in [0.2, 0.25) is 6.10 Å². The van der Waals surface area contributed by atoms with Crippen molar-refractivity contribution in [2.75, 3.05) is 0 Å². The van der Waals surface area contributed by atoms with Gasteiger partial charge in [0.25, 0.3) is 0 Å². The van der Waals surface area contributed by atoms with E-state index in [2.05, 4.69) is 15.0 Å². The Morgan fingerprint density at radius 3 is 2.79 bits per heavy atom. The lowest BCUT2D eigenvalue weighted by atomic mass is 10.1. The third kappa shape index (κ3) is 3.11. The molecular weight excluding hydrogens is 259 g/mol. The number of nitrogens with one attached hydrogen (secondary N) is 1. The highest BCUT2D eigenvalue weighted by Gasteiger charge is 2.41. The first-order valence-corrected chi connectivity index (χ1v) is 5.56. The van der Waals surface area contributed by atoms with Crippen LogP contribution in [-0.2, 0) is 6.42 Å². The van der Waals surface area contributed by atoms with Crippen LogP contribution >= 0.6 is 0 Å². The lowest BCUT2D eigenvalue weighted by Gasteiger charge is -2.11. The van der Waals surface area contributed by atoms with Gasteiger partial charge < -0.3 is 10.1 Å². The molecule has 19 heavy (non-hydrogen) atoms. The third-order valence-electron chi connectivity index (χ3n) is 2.73. The molecule has 2 N–H and O–H groups in total. The van der Waals surface area contributed by atoms with Crippen LogP contribution in [0.25, 0.3) is 0 Å². The maximum Gasteiger partial charge on any atom is 0.421 e. The average Bonchev–Trinajstić information content (AvgIpc) is 2.78. The summed E-state index contributed by atoms with van der Waals surface area (Å²) < 4.78 is 37.0. The van der Waals surface area contributed by atoms with E-state index < -0.39 is 18.1 Å². The summed E-state index contributed by atoms with van der Waals surface area (Å²) in [5.74, 6) is -0.491. The minimum atomic E-state index is -4.72. The van der Waals surface area contributed by atoms with E-state index in [9.17, 15) is 13.2 Å². The molecule has 4 nitrogen and oxygen atoms in total. The van der Waals surface area contributed by atoms with Gasteiger partial charge in [-0.2, -0.15) is 13.2 Å². The Balaban J connectivity index is 2.16. The zero-order valence-electron chi connectivity index (χ0n) is 10.1. The number of aliphatic hydroxyl groups is 1. The monoisotopic (exact) mass is 271 g/mol. The van der Waals surface area contributed by atoms with Crippen LogP contribution in [0.1, 0.15) is 28.7 Å². The normalized spacial score (nSPS) is 13.5. The molecule has 102 valence electrons. The molecule has 0 spiro atoms. The van der Waals surface area contributed by atoms with Gasteiger partial charge in [-0.1, -0.05) is 0 Å². The van der Waals surface area contributed by atoms with Crippen LogP contribution in [0.4, 0.5) is 13.2 Å². The molecule has 1 atom stereocenters. The average molecular weight is 271 g/mol. The molecule has 2 heterocycles. The largest absolute Gasteiger partial charge is 0.421 e. The molecule has 0 aliphatic rings. The van der Waals surface area contributed by atoms with Gasteiger partial charge in [0.05, 0.1) is 5.69 Å². The highest BCUT2D eigenvalue weighted by atomic mass is 19.4. The fourth-order valence-corrected chi connectivity index (χ4v) is 1.66. The number of rotatable bonds is 3. The first kappa shape index (κ1) is 13.5. The van der Waals surface area contributed by atoms with Crippen molar-refractivity contribution < 1.29 is 18.3 Å². The van der Waals surface area contributed by atoms with Crippen molar-refractivity contribution in [1.29, 1.82) is 0 Å². The first-order valence-electron chi connectivity index (χ1n) is 5.56. The molecule has 7 heteroatoms. The van der Waals surface area contributed by atoms with Crippen molar-refractivity contribution in [3.63, 3.8) is 0 Å². The lowest BCUT2D eigenvalue weighted by molar-refractivity contribution is -0.209. The molecule has 0 aromatic carbocycles. The summed E-state index contributed by atoms with van der Waals surface area (Å²) in [6.45, 7) is 1.86. The Labute approximate surface area is 107 Å². The van der Waals surface area contributed by atoms with Crippen molar-refractivity contribution in [3.8, 4) is 0 Å². The van der Waals surface area contributed by atoms with Gasteiger partial charge in [-0.3, -0.25) is 4.98 Å². The van der Waals surface area contributed by atoms with Crippen LogP contribution in [0.2, 0.25) is 0 Å². The number of imidazole rings is 1. The van der Waals surface area contributed by atoms with Crippen molar-refractivity contribution in [1.82, 2.24) is 15.0 Å². The van der Waals surface area contributed by atoms with Crippen molar-refractivity contribution in [2.45, 2.75) is 25.6 Å². The van der Waals surface area contributed by atoms with Crippen molar-refractivity contribution >= 4 is 0 Å². The molecule has 0 bridgehead atoms. The van der Waals surface area contributed by atoms with Crippen LogP contribution in [0.3, 0.4) is 0 Å². The van der Waals surface area contributed by atoms with E-state index >= 15 is 0 Å². The predicted octanol–water partition coefficient (Wildman–Crippen LogP) is 2.30. The van der Waals surface area contributed by atoms with E-state index in [1.54, 1.807) is 18.5 Å². The molecule has 0 amide bonds. The molecule has 0 unspecified atom stereocenters. The quantitative estimate of drug-likeness (QED) is 0.900. The van der Waals surface area contributed by atoms with Gasteiger partial charge in [0, 0.05) is 25.0 Å². The second-order valence-electron chi connectivity index (χ2n) is 4.20. The summed E-state index contributed by atoms with van der Waals surface area (Å²) in [4.78, 5) is 10.1. The SMILES string of the molecule is Cc1cnccc1Cc1c[nH]c([C@@H](O)C(F)(F)F)n1. The molecule has 0 fully saturated rings. The van der Waals surface area contributed by atoms with E-state index in [0.717, 1.165) is 11.1 Å². The molecule has 0 saturated carbocycles. The number of aromatic amines is 1. The molecule has 0 radical (unpaired) electrons. The van der Waals surface area contributed by atoms with Gasteiger partial charge >= 0.3 is 6.18 Å². The lowest BCUT2D eigenvalue weighted by Crippen LogP contribution is -2.21. The van der Waals surface area contributed by atoms with E-state index in [1.807, 2.05) is 6.92 Å². The summed E-state index contributed by atoms with van der Waals surface area (Å²) in [5.41, 5.74) is 2.30. The second kappa shape index (κ2) is 5.00. The minimum absolute atomic E-state index is 0.384. The van der Waals surface area contributed by atoms with E-state index in [1.165, 1.54) is 6.20 Å². The maximum absolute atomic E-state index is 12.3. The molecule has 0 aliphatic heterocycles. The van der Waals surface area contributed by atoms with Gasteiger partial charge in [0.15, 0.2) is 0 Å². The van der Waals surface area contributed by atoms with E-state index in [-0.39, 0.29) is 0 Å². The van der Waals surface area contributed by atoms with E-state index in [4.69, 9.17) is 5.11 Å². The minimum Gasteiger partial charge on any atom is -0.377 e. The fraction of sp³-hybridized carbons (Fsp3) is 0.333. The molecule has 0 aliphatic carbocycles. The number of aromatic nitrogens is 3. The summed E-state index contributed by atoms with van der Waals surface area (Å²) in [5, 5.41) is 9.06. The van der Waals surface area contributed by atoms with Crippen molar-refractivity contribution in [3.05, 3.63) is 47.3 Å². The Morgan fingerprint density at radius 1 is 1.42 bits per heavy atom. The van der Waals surface area contributed by atoms with Crippen LogP contribution < -0.4 is 0 Å². The Hall–Kier alpha value is -1.89. The van der Waals surface area contributed by atoms with Crippen LogP contribution in [0, 0.1) is 6.92 Å². The van der Waals surface area contributed by atoms with Gasteiger partial charge in [-0.15, -0.1) is 0 Å². The summed E-state index contributed by atoms with van der Waals surface area (Å²) in [7, 11) is 0. The second-order valence-corrected chi connectivity index (χ2v) is 4.20. The number of aliphatic hydroxyl groups excluding tert-OH is 1. The van der Waals surface area contributed by atoms with Crippen LogP contribution in [0.15, 0.2) is 24.7 Å².